The van der Waals surface area contributed by atoms with Crippen LogP contribution in [0.4, 0.5) is 0 Å². The molecule has 0 aliphatic heterocycles. The zero-order chi connectivity index (χ0) is 24.7. The average Bonchev–Trinajstić information content (AvgIpc) is 2.89. The molecule has 4 heteroatoms. The van der Waals surface area contributed by atoms with Crippen LogP contribution in [0.3, 0.4) is 0 Å². The predicted molar refractivity (Wildman–Crippen MR) is 161 cm³/mol. The van der Waals surface area contributed by atoms with Crippen molar-refractivity contribution in [2.75, 3.05) is 0 Å². The van der Waals surface area contributed by atoms with Crippen molar-refractivity contribution in [1.29, 1.82) is 0 Å². The number of hydrogen-bond acceptors (Lipinski definition) is 2. The number of benzene rings is 4. The lowest BCUT2D eigenvalue weighted by molar-refractivity contribution is 0.762. The van der Waals surface area contributed by atoms with Gasteiger partial charge < -0.3 is 0 Å². The molecule has 0 unspecified atom stereocenters. The summed E-state index contributed by atoms with van der Waals surface area (Å²) in [6.45, 7) is 9.04. The first-order chi connectivity index (χ1) is 17.0. The molecule has 0 aliphatic carbocycles. The Hall–Kier alpha value is -2.47. The summed E-state index contributed by atoms with van der Waals surface area (Å²) in [5.41, 5.74) is 2.72. The molecule has 0 aromatic heterocycles. The second kappa shape index (κ2) is 11.5. The Bertz CT molecular complexity index is 1160. The number of nitrogens with one attached hydrogen (secondary N) is 2. The van der Waals surface area contributed by atoms with Crippen LogP contribution in [0.1, 0.15) is 27.7 Å². The standard InChI is InChI=1S/C31H37N2P2/c1-26(2)32-34(28-17-9-5-10-18-28,29-19-11-6-12-20-29)25-35(33-27(3)4,30-21-13-7-14-22-30)31-23-15-8-16-24-31/h5-27,32-33H,1-4H3/q+1. The third kappa shape index (κ3) is 5.69. The highest BCUT2D eigenvalue weighted by Crippen LogP contribution is 2.58. The molecule has 4 rings (SSSR count). The molecule has 0 saturated carbocycles. The molecular formula is C31H37N2P2+. The molecule has 35 heavy (non-hydrogen) atoms. The van der Waals surface area contributed by atoms with Crippen LogP contribution in [0.5, 0.6) is 0 Å². The zero-order valence-corrected chi connectivity index (χ0v) is 23.0. The van der Waals surface area contributed by atoms with Gasteiger partial charge in [0.15, 0.2) is 7.41 Å². The minimum absolute atomic E-state index is 0.312. The molecule has 0 bridgehead atoms. The minimum Gasteiger partial charge on any atom is -0.285 e. The van der Waals surface area contributed by atoms with Crippen molar-refractivity contribution >= 4 is 41.2 Å². The molecule has 180 valence electrons. The normalized spacial score (nSPS) is 12.2. The molecule has 2 nitrogen and oxygen atoms in total. The van der Waals surface area contributed by atoms with Crippen LogP contribution in [-0.2, 0) is 0 Å². The Morgan fingerprint density at radius 1 is 0.543 bits per heavy atom. The maximum absolute atomic E-state index is 4.14. The molecule has 0 amide bonds. The third-order valence-corrected chi connectivity index (χ3v) is 15.0. The highest BCUT2D eigenvalue weighted by molar-refractivity contribution is 8.11. The molecule has 2 N–H and O–H groups in total. The van der Waals surface area contributed by atoms with E-state index in [9.17, 15) is 0 Å². The quantitative estimate of drug-likeness (QED) is 0.280. The Kier molecular flexibility index (Phi) is 8.42. The lowest BCUT2D eigenvalue weighted by atomic mass is 10.4. The smallest absolute Gasteiger partial charge is 0.173 e. The summed E-state index contributed by atoms with van der Waals surface area (Å²) < 4.78 is 0. The van der Waals surface area contributed by atoms with Crippen LogP contribution in [0.15, 0.2) is 121 Å². The van der Waals surface area contributed by atoms with Gasteiger partial charge >= 0.3 is 0 Å². The lowest BCUT2D eigenvalue weighted by Gasteiger charge is -2.35. The maximum Gasteiger partial charge on any atom is 0.173 e. The highest BCUT2D eigenvalue weighted by Gasteiger charge is 2.45. The van der Waals surface area contributed by atoms with Crippen molar-refractivity contribution in [3.8, 4) is 0 Å². The molecule has 0 atom stereocenters. The number of rotatable bonds is 9. The van der Waals surface area contributed by atoms with E-state index in [1.165, 1.54) is 21.2 Å². The van der Waals surface area contributed by atoms with Gasteiger partial charge in [-0.2, -0.15) is 5.09 Å². The molecule has 0 saturated heterocycles. The van der Waals surface area contributed by atoms with Crippen molar-refractivity contribution in [2.45, 2.75) is 39.8 Å². The summed E-state index contributed by atoms with van der Waals surface area (Å²) in [5.74, 6) is 0. The van der Waals surface area contributed by atoms with Gasteiger partial charge in [-0.05, 0) is 62.6 Å². The van der Waals surface area contributed by atoms with E-state index >= 15 is 0 Å². The first-order valence-electron chi connectivity index (χ1n) is 12.4. The fraction of sp³-hybridized carbons (Fsp3) is 0.194. The van der Waals surface area contributed by atoms with Gasteiger partial charge in [0.05, 0.1) is 0 Å². The second-order valence-corrected chi connectivity index (χ2v) is 15.9. The van der Waals surface area contributed by atoms with Crippen molar-refractivity contribution in [3.05, 3.63) is 121 Å². The van der Waals surface area contributed by atoms with E-state index in [2.05, 4.69) is 165 Å². The summed E-state index contributed by atoms with van der Waals surface area (Å²) >= 11 is 0. The molecule has 4 aromatic rings. The van der Waals surface area contributed by atoms with Crippen molar-refractivity contribution in [3.63, 3.8) is 0 Å². The van der Waals surface area contributed by atoms with Gasteiger partial charge in [0, 0.05) is 19.1 Å². The maximum atomic E-state index is 4.14. The summed E-state index contributed by atoms with van der Waals surface area (Å²) in [5, 5.41) is 13.7. The van der Waals surface area contributed by atoms with E-state index in [1.807, 2.05) is 0 Å². The monoisotopic (exact) mass is 499 g/mol. The Morgan fingerprint density at radius 2 is 0.914 bits per heavy atom. The average molecular weight is 500 g/mol. The van der Waals surface area contributed by atoms with Crippen molar-refractivity contribution < 1.29 is 0 Å². The topological polar surface area (TPSA) is 24.1 Å². The summed E-state index contributed by atoms with van der Waals surface area (Å²) in [7, 11) is -4.31. The summed E-state index contributed by atoms with van der Waals surface area (Å²) in [4.78, 5) is 0. The molecule has 0 spiro atoms. The summed E-state index contributed by atoms with van der Waals surface area (Å²) in [6.07, 6.45) is 0. The fourth-order valence-corrected chi connectivity index (χ4v) is 14.8. The fourth-order valence-electron chi connectivity index (χ4n) is 4.66. The van der Waals surface area contributed by atoms with Crippen molar-refractivity contribution in [1.82, 2.24) is 10.2 Å². The van der Waals surface area contributed by atoms with E-state index in [0.717, 1.165) is 0 Å². The van der Waals surface area contributed by atoms with Crippen molar-refractivity contribution in [2.24, 2.45) is 0 Å². The van der Waals surface area contributed by atoms with Gasteiger partial charge in [-0.25, -0.2) is 0 Å². The van der Waals surface area contributed by atoms with Gasteiger partial charge in [0.25, 0.3) is 0 Å². The van der Waals surface area contributed by atoms with Gasteiger partial charge in [-0.3, -0.25) is 5.09 Å². The first-order valence-corrected chi connectivity index (χ1v) is 16.1. The Balaban J connectivity index is 2.19. The predicted octanol–water partition coefficient (Wildman–Crippen LogP) is 5.91. The van der Waals surface area contributed by atoms with Gasteiger partial charge in [-0.15, -0.1) is 0 Å². The Morgan fingerprint density at radius 3 is 1.26 bits per heavy atom. The largest absolute Gasteiger partial charge is 0.285 e. The van der Waals surface area contributed by atoms with Gasteiger partial charge in [0.2, 0.25) is 0 Å². The lowest BCUT2D eigenvalue weighted by Crippen LogP contribution is -2.41. The molecule has 0 aliphatic rings. The molecule has 0 radical (unpaired) electrons. The Labute approximate surface area is 212 Å². The van der Waals surface area contributed by atoms with E-state index in [1.54, 1.807) is 0 Å². The zero-order valence-electron chi connectivity index (χ0n) is 21.2. The van der Waals surface area contributed by atoms with Gasteiger partial charge in [-0.1, -0.05) is 97.1 Å². The molecular weight excluding hydrogens is 462 g/mol. The van der Waals surface area contributed by atoms with Crippen LogP contribution in [0, 0.1) is 0 Å². The number of hydrogen-bond donors (Lipinski definition) is 2. The van der Waals surface area contributed by atoms with E-state index in [0.29, 0.717) is 12.1 Å². The molecule has 0 heterocycles. The SMILES string of the molecule is CC(C)NP(=C[P+](NC(C)C)(c1ccccc1)c1ccccc1)(c1ccccc1)c1ccccc1. The van der Waals surface area contributed by atoms with Crippen LogP contribution in [0.25, 0.3) is 0 Å². The minimum atomic E-state index is -2.15. The van der Waals surface area contributed by atoms with E-state index in [4.69, 9.17) is 0 Å². The summed E-state index contributed by atoms with van der Waals surface area (Å²) in [6, 6.07) is 44.8. The highest BCUT2D eigenvalue weighted by atomic mass is 31.2. The van der Waals surface area contributed by atoms with Crippen LogP contribution in [0.2, 0.25) is 0 Å². The van der Waals surface area contributed by atoms with Crippen LogP contribution >= 0.6 is 14.4 Å². The van der Waals surface area contributed by atoms with Gasteiger partial charge in [0.1, 0.15) is 16.1 Å². The second-order valence-electron chi connectivity index (χ2n) is 9.47. The van der Waals surface area contributed by atoms with Crippen LogP contribution < -0.4 is 31.4 Å². The third-order valence-electron chi connectivity index (χ3n) is 5.92. The van der Waals surface area contributed by atoms with E-state index < -0.39 is 14.4 Å². The molecule has 4 aromatic carbocycles. The van der Waals surface area contributed by atoms with E-state index in [-0.39, 0.29) is 0 Å². The molecule has 0 fully saturated rings. The van der Waals surface area contributed by atoms with Crippen LogP contribution in [-0.4, -0.2) is 17.6 Å². The first kappa shape index (κ1) is 25.6.